The van der Waals surface area contributed by atoms with E-state index in [-0.39, 0.29) is 6.09 Å². The Balaban J connectivity index is 1.71. The lowest BCUT2D eigenvalue weighted by Gasteiger charge is -2.40. The van der Waals surface area contributed by atoms with E-state index in [2.05, 4.69) is 38.8 Å². The van der Waals surface area contributed by atoms with Gasteiger partial charge >= 0.3 is 6.09 Å². The Morgan fingerprint density at radius 1 is 1.29 bits per heavy atom. The molecule has 21 heavy (non-hydrogen) atoms. The molecule has 2 heterocycles. The summed E-state index contributed by atoms with van der Waals surface area (Å²) in [4.78, 5) is 13.7. The zero-order valence-electron chi connectivity index (χ0n) is 12.5. The summed E-state index contributed by atoms with van der Waals surface area (Å²) in [5, 5.41) is 1.20. The lowest BCUT2D eigenvalue weighted by atomic mass is 10.1. The molecule has 1 aliphatic rings. The van der Waals surface area contributed by atoms with E-state index in [0.717, 1.165) is 4.47 Å². The van der Waals surface area contributed by atoms with Gasteiger partial charge in [-0.25, -0.2) is 4.79 Å². The van der Waals surface area contributed by atoms with Gasteiger partial charge in [-0.2, -0.15) is 0 Å². The summed E-state index contributed by atoms with van der Waals surface area (Å²) in [5.74, 6) is 0. The predicted octanol–water partition coefficient (Wildman–Crippen LogP) is 4.20. The Morgan fingerprint density at radius 3 is 2.67 bits per heavy atom. The summed E-state index contributed by atoms with van der Waals surface area (Å²) in [5.41, 5.74) is 0.755. The Kier molecular flexibility index (Phi) is 3.48. The highest BCUT2D eigenvalue weighted by atomic mass is 79.9. The number of amides is 1. The number of fused-ring (bicyclic) bond motifs is 1. The van der Waals surface area contributed by atoms with Crippen molar-refractivity contribution >= 4 is 32.9 Å². The van der Waals surface area contributed by atoms with Gasteiger partial charge in [0.1, 0.15) is 5.60 Å². The fourth-order valence-corrected chi connectivity index (χ4v) is 3.06. The molecule has 0 atom stereocenters. The minimum absolute atomic E-state index is 0.226. The summed E-state index contributed by atoms with van der Waals surface area (Å²) in [6, 6.07) is 8.61. The maximum atomic E-state index is 12.0. The van der Waals surface area contributed by atoms with Gasteiger partial charge in [-0.1, -0.05) is 22.0 Å². The fraction of sp³-hybridized carbons (Fsp3) is 0.438. The molecule has 0 N–H and O–H groups in total. The smallest absolute Gasteiger partial charge is 0.410 e. The maximum absolute atomic E-state index is 12.0. The van der Waals surface area contributed by atoms with Gasteiger partial charge in [0.15, 0.2) is 0 Å². The molecule has 0 saturated carbocycles. The van der Waals surface area contributed by atoms with Crippen molar-refractivity contribution < 1.29 is 9.53 Å². The molecule has 0 aliphatic carbocycles. The molecule has 0 spiro atoms. The molecule has 1 fully saturated rings. The average molecular weight is 351 g/mol. The molecule has 3 rings (SSSR count). The first-order chi connectivity index (χ1) is 9.85. The van der Waals surface area contributed by atoms with Crippen molar-refractivity contribution in [3.05, 3.63) is 34.9 Å². The van der Waals surface area contributed by atoms with E-state index in [4.69, 9.17) is 4.74 Å². The zero-order valence-corrected chi connectivity index (χ0v) is 14.1. The molecular formula is C16H19BrN2O2. The van der Waals surface area contributed by atoms with Crippen LogP contribution in [0, 0.1) is 0 Å². The van der Waals surface area contributed by atoms with Gasteiger partial charge < -0.3 is 14.2 Å². The highest BCUT2D eigenvalue weighted by Gasteiger charge is 2.35. The number of hydrogen-bond acceptors (Lipinski definition) is 2. The fourth-order valence-electron chi connectivity index (χ4n) is 2.58. The van der Waals surface area contributed by atoms with Gasteiger partial charge in [-0.3, -0.25) is 0 Å². The number of hydrogen-bond donors (Lipinski definition) is 0. The van der Waals surface area contributed by atoms with Crippen LogP contribution in [0.15, 0.2) is 34.9 Å². The van der Waals surface area contributed by atoms with Crippen LogP contribution in [0.3, 0.4) is 0 Å². The molecule has 2 aromatic rings. The third kappa shape index (κ3) is 2.79. The minimum Gasteiger partial charge on any atom is -0.444 e. The molecule has 0 unspecified atom stereocenters. The molecule has 1 saturated heterocycles. The van der Waals surface area contributed by atoms with Crippen molar-refractivity contribution in [2.24, 2.45) is 0 Å². The van der Waals surface area contributed by atoms with Crippen molar-refractivity contribution in [3.63, 3.8) is 0 Å². The van der Waals surface area contributed by atoms with Crippen LogP contribution in [0.1, 0.15) is 26.8 Å². The second kappa shape index (κ2) is 5.05. The Bertz CT molecular complexity index is 681. The van der Waals surface area contributed by atoms with Gasteiger partial charge in [-0.15, -0.1) is 0 Å². The van der Waals surface area contributed by atoms with Crippen LogP contribution in [0.25, 0.3) is 10.9 Å². The van der Waals surface area contributed by atoms with Gasteiger partial charge in [0.05, 0.1) is 6.04 Å². The SMILES string of the molecule is CC(C)(C)OC(=O)N1CC(n2ccc3c(Br)cccc32)C1. The third-order valence-corrected chi connectivity index (χ3v) is 4.31. The molecule has 112 valence electrons. The lowest BCUT2D eigenvalue weighted by Crippen LogP contribution is -2.52. The van der Waals surface area contributed by atoms with E-state index >= 15 is 0 Å². The van der Waals surface area contributed by atoms with Crippen molar-refractivity contribution in [1.29, 1.82) is 0 Å². The first-order valence-electron chi connectivity index (χ1n) is 7.08. The van der Waals surface area contributed by atoms with E-state index in [0.29, 0.717) is 19.1 Å². The van der Waals surface area contributed by atoms with Gasteiger partial charge in [0.2, 0.25) is 0 Å². The number of carbonyl (C=O) groups excluding carboxylic acids is 1. The van der Waals surface area contributed by atoms with Crippen LogP contribution >= 0.6 is 15.9 Å². The topological polar surface area (TPSA) is 34.5 Å². The second-order valence-electron chi connectivity index (χ2n) is 6.43. The monoisotopic (exact) mass is 350 g/mol. The summed E-state index contributed by atoms with van der Waals surface area (Å²) in [7, 11) is 0. The van der Waals surface area contributed by atoms with Crippen molar-refractivity contribution in [2.75, 3.05) is 13.1 Å². The van der Waals surface area contributed by atoms with Crippen LogP contribution in [-0.2, 0) is 4.74 Å². The summed E-state index contributed by atoms with van der Waals surface area (Å²) in [6.45, 7) is 7.06. The standard InChI is InChI=1S/C16H19BrN2O2/c1-16(2,3)21-15(20)18-9-11(10-18)19-8-7-12-13(17)5-4-6-14(12)19/h4-8,11H,9-10H2,1-3H3. The Morgan fingerprint density at radius 2 is 2.00 bits per heavy atom. The van der Waals surface area contributed by atoms with Gasteiger partial charge in [0.25, 0.3) is 0 Å². The van der Waals surface area contributed by atoms with E-state index in [1.807, 2.05) is 32.9 Å². The molecule has 1 aromatic carbocycles. The molecular weight excluding hydrogens is 332 g/mol. The molecule has 1 aliphatic heterocycles. The van der Waals surface area contributed by atoms with Crippen LogP contribution in [-0.4, -0.2) is 34.3 Å². The van der Waals surface area contributed by atoms with E-state index in [9.17, 15) is 4.79 Å². The highest BCUT2D eigenvalue weighted by Crippen LogP contribution is 2.31. The summed E-state index contributed by atoms with van der Waals surface area (Å²) < 4.78 is 8.72. The van der Waals surface area contributed by atoms with Gasteiger partial charge in [0, 0.05) is 34.7 Å². The highest BCUT2D eigenvalue weighted by molar-refractivity contribution is 9.10. The first kappa shape index (κ1) is 14.4. The zero-order chi connectivity index (χ0) is 15.2. The Hall–Kier alpha value is -1.49. The van der Waals surface area contributed by atoms with Crippen LogP contribution < -0.4 is 0 Å². The third-order valence-electron chi connectivity index (χ3n) is 3.62. The lowest BCUT2D eigenvalue weighted by molar-refractivity contribution is 0.00158. The number of nitrogens with zero attached hydrogens (tertiary/aromatic N) is 2. The maximum Gasteiger partial charge on any atom is 0.410 e. The van der Waals surface area contributed by atoms with Crippen LogP contribution in [0.4, 0.5) is 4.79 Å². The number of ether oxygens (including phenoxy) is 1. The minimum atomic E-state index is -0.437. The Labute approximate surface area is 132 Å². The number of halogens is 1. The van der Waals surface area contributed by atoms with E-state index < -0.39 is 5.60 Å². The van der Waals surface area contributed by atoms with Crippen LogP contribution in [0.2, 0.25) is 0 Å². The largest absolute Gasteiger partial charge is 0.444 e. The number of carbonyl (C=O) groups is 1. The normalized spacial score (nSPS) is 16.1. The van der Waals surface area contributed by atoms with Crippen molar-refractivity contribution in [2.45, 2.75) is 32.4 Å². The molecule has 0 bridgehead atoms. The number of benzene rings is 1. The summed E-state index contributed by atoms with van der Waals surface area (Å²) in [6.07, 6.45) is 1.86. The average Bonchev–Trinajstić information content (AvgIpc) is 2.70. The molecule has 1 aromatic heterocycles. The molecule has 1 amide bonds. The van der Waals surface area contributed by atoms with Crippen LogP contribution in [0.5, 0.6) is 0 Å². The predicted molar refractivity (Wildman–Crippen MR) is 86.5 cm³/mol. The van der Waals surface area contributed by atoms with Gasteiger partial charge in [-0.05, 0) is 39.0 Å². The van der Waals surface area contributed by atoms with Crippen molar-refractivity contribution in [3.8, 4) is 0 Å². The van der Waals surface area contributed by atoms with E-state index in [1.165, 1.54) is 10.9 Å². The van der Waals surface area contributed by atoms with Crippen molar-refractivity contribution in [1.82, 2.24) is 9.47 Å². The molecule has 5 heteroatoms. The second-order valence-corrected chi connectivity index (χ2v) is 7.29. The molecule has 0 radical (unpaired) electrons. The molecule has 4 nitrogen and oxygen atoms in total. The van der Waals surface area contributed by atoms with E-state index in [1.54, 1.807) is 4.90 Å². The summed E-state index contributed by atoms with van der Waals surface area (Å²) >= 11 is 3.57. The quantitative estimate of drug-likeness (QED) is 0.772. The number of rotatable bonds is 1. The number of likely N-dealkylation sites (tertiary alicyclic amines) is 1. The first-order valence-corrected chi connectivity index (χ1v) is 7.87. The number of aromatic nitrogens is 1.